The Hall–Kier alpha value is -0.280. The first kappa shape index (κ1) is 22.9. The van der Waals surface area contributed by atoms with Crippen LogP contribution in [0.1, 0.15) is 34.6 Å². The molecule has 0 radical (unpaired) electrons. The van der Waals surface area contributed by atoms with Crippen molar-refractivity contribution < 1.29 is 33.5 Å². The van der Waals surface area contributed by atoms with Crippen molar-refractivity contribution in [1.82, 2.24) is 0 Å². The molecule has 0 bridgehead atoms. The molecule has 7 nitrogen and oxygen atoms in total. The standard InChI is InChI=1S/2C8H14O2.C7H12O3/c2*1-5-3-9-8-6(2)4-10-7(5)8;1-4-2-9-7-5(8)3-10-6(4)7/h2*5-8H,3-4H2,1-2H3;4-8H,2-3H2,1H3/t5-,6-,7+,8+;5-,6-,7-,8-;4-,5+,6-,7-/m011/s1. The second-order valence-electron chi connectivity index (χ2n) is 10.2. The summed E-state index contributed by atoms with van der Waals surface area (Å²) < 4.78 is 33.0. The Labute approximate surface area is 180 Å². The first-order chi connectivity index (χ1) is 14.4. The van der Waals surface area contributed by atoms with Gasteiger partial charge in [0.25, 0.3) is 0 Å². The van der Waals surface area contributed by atoms with E-state index < -0.39 is 6.10 Å². The zero-order valence-electron chi connectivity index (χ0n) is 19.1. The average molecular weight is 429 g/mol. The van der Waals surface area contributed by atoms with E-state index in [-0.39, 0.29) is 12.2 Å². The van der Waals surface area contributed by atoms with Crippen molar-refractivity contribution in [2.24, 2.45) is 29.6 Å². The predicted octanol–water partition coefficient (Wildman–Crippen LogP) is 1.89. The first-order valence-corrected chi connectivity index (χ1v) is 11.7. The number of rotatable bonds is 0. The van der Waals surface area contributed by atoms with Crippen LogP contribution in [-0.2, 0) is 28.4 Å². The minimum atomic E-state index is -0.394. The molecule has 174 valence electrons. The van der Waals surface area contributed by atoms with Crippen molar-refractivity contribution in [2.75, 3.05) is 39.6 Å². The van der Waals surface area contributed by atoms with Gasteiger partial charge in [0.1, 0.15) is 12.2 Å². The lowest BCUT2D eigenvalue weighted by Gasteiger charge is -2.10. The average Bonchev–Trinajstić information content (AvgIpc) is 3.52. The molecule has 30 heavy (non-hydrogen) atoms. The summed E-state index contributed by atoms with van der Waals surface area (Å²) >= 11 is 0. The lowest BCUT2D eigenvalue weighted by Crippen LogP contribution is -2.28. The van der Waals surface area contributed by atoms with E-state index in [1.54, 1.807) is 0 Å². The van der Waals surface area contributed by atoms with E-state index in [4.69, 9.17) is 28.4 Å². The van der Waals surface area contributed by atoms with Crippen LogP contribution in [0.25, 0.3) is 0 Å². The Kier molecular flexibility index (Phi) is 7.40. The maximum Gasteiger partial charge on any atom is 0.112 e. The van der Waals surface area contributed by atoms with Crippen molar-refractivity contribution >= 4 is 0 Å². The second-order valence-corrected chi connectivity index (χ2v) is 10.2. The molecular formula is C23H40O7. The van der Waals surface area contributed by atoms with Crippen molar-refractivity contribution in [3.63, 3.8) is 0 Å². The van der Waals surface area contributed by atoms with Gasteiger partial charge in [0.2, 0.25) is 0 Å². The van der Waals surface area contributed by atoms with Crippen LogP contribution in [0.3, 0.4) is 0 Å². The van der Waals surface area contributed by atoms with Crippen LogP contribution < -0.4 is 0 Å². The summed E-state index contributed by atoms with van der Waals surface area (Å²) in [5, 5.41) is 9.27. The predicted molar refractivity (Wildman–Crippen MR) is 110 cm³/mol. The fourth-order valence-corrected chi connectivity index (χ4v) is 5.43. The second kappa shape index (κ2) is 9.69. The SMILES string of the molecule is C[C@@H]1CO[C@H]2[C@@H]1OC[C@@H]2O.C[C@@H]1CO[C@H]2[C@@H]1OC[C@H]2C.C[C@H]1CO[C@H]2[C@@H]1OC[C@@H]2C. The van der Waals surface area contributed by atoms with E-state index in [9.17, 15) is 5.11 Å². The maximum atomic E-state index is 9.27. The number of fused-ring (bicyclic) bond motifs is 3. The van der Waals surface area contributed by atoms with Gasteiger partial charge in [-0.25, -0.2) is 0 Å². The van der Waals surface area contributed by atoms with E-state index in [1.165, 1.54) is 0 Å². The number of hydrogen-bond acceptors (Lipinski definition) is 7. The molecule has 0 unspecified atom stereocenters. The highest BCUT2D eigenvalue weighted by Gasteiger charge is 2.45. The molecule has 0 spiro atoms. The summed E-state index contributed by atoms with van der Waals surface area (Å²) in [4.78, 5) is 0. The van der Waals surface area contributed by atoms with Gasteiger partial charge in [0, 0.05) is 29.6 Å². The molecule has 12 atom stereocenters. The summed E-state index contributed by atoms with van der Waals surface area (Å²) in [6, 6.07) is 0. The highest BCUT2D eigenvalue weighted by Crippen LogP contribution is 2.34. The van der Waals surface area contributed by atoms with Gasteiger partial charge in [-0.3, -0.25) is 0 Å². The molecule has 0 aromatic carbocycles. The normalized spacial score (nSPS) is 53.4. The summed E-state index contributed by atoms with van der Waals surface area (Å²) in [6.07, 6.45) is 1.30. The van der Waals surface area contributed by atoms with Gasteiger partial charge in [-0.2, -0.15) is 0 Å². The van der Waals surface area contributed by atoms with Crippen LogP contribution in [0.15, 0.2) is 0 Å². The molecule has 0 amide bonds. The van der Waals surface area contributed by atoms with Crippen molar-refractivity contribution in [3.8, 4) is 0 Å². The Morgan fingerprint density at radius 1 is 0.400 bits per heavy atom. The summed E-state index contributed by atoms with van der Waals surface area (Å²) in [5.41, 5.74) is 0. The summed E-state index contributed by atoms with van der Waals surface area (Å²) in [7, 11) is 0. The van der Waals surface area contributed by atoms with Gasteiger partial charge in [-0.15, -0.1) is 0 Å². The third-order valence-electron chi connectivity index (χ3n) is 7.37. The number of aliphatic hydroxyl groups excluding tert-OH is 1. The molecule has 0 aromatic heterocycles. The minimum Gasteiger partial charge on any atom is -0.388 e. The number of aliphatic hydroxyl groups is 1. The zero-order valence-corrected chi connectivity index (χ0v) is 19.1. The number of hydrogen-bond donors (Lipinski definition) is 1. The zero-order chi connectivity index (χ0) is 21.4. The van der Waals surface area contributed by atoms with Crippen LogP contribution in [0, 0.1) is 29.6 Å². The lowest BCUT2D eigenvalue weighted by molar-refractivity contribution is 0.0173. The van der Waals surface area contributed by atoms with E-state index in [1.807, 2.05) is 0 Å². The van der Waals surface area contributed by atoms with Crippen LogP contribution in [0.2, 0.25) is 0 Å². The largest absolute Gasteiger partial charge is 0.388 e. The summed E-state index contributed by atoms with van der Waals surface area (Å²) in [6.45, 7) is 15.6. The Balaban J connectivity index is 0.000000109. The molecule has 6 aliphatic rings. The topological polar surface area (TPSA) is 75.6 Å². The van der Waals surface area contributed by atoms with E-state index in [0.717, 1.165) is 33.0 Å². The first-order valence-electron chi connectivity index (χ1n) is 11.7. The van der Waals surface area contributed by atoms with Gasteiger partial charge in [-0.1, -0.05) is 34.6 Å². The van der Waals surface area contributed by atoms with Gasteiger partial charge >= 0.3 is 0 Å². The fourth-order valence-electron chi connectivity index (χ4n) is 5.43. The molecule has 0 aliphatic carbocycles. The van der Waals surface area contributed by atoms with Gasteiger partial charge in [0.05, 0.1) is 70.2 Å². The smallest absolute Gasteiger partial charge is 0.112 e. The third-order valence-corrected chi connectivity index (χ3v) is 7.37. The Bertz CT molecular complexity index is 436. The van der Waals surface area contributed by atoms with Crippen molar-refractivity contribution in [1.29, 1.82) is 0 Å². The molecule has 6 aliphatic heterocycles. The van der Waals surface area contributed by atoms with Crippen LogP contribution >= 0.6 is 0 Å². The van der Waals surface area contributed by atoms with E-state index in [0.29, 0.717) is 60.6 Å². The molecule has 0 saturated carbocycles. The molecule has 6 heterocycles. The molecule has 1 N–H and O–H groups in total. The van der Waals surface area contributed by atoms with E-state index >= 15 is 0 Å². The highest BCUT2D eigenvalue weighted by molar-refractivity contribution is 4.92. The van der Waals surface area contributed by atoms with Gasteiger partial charge < -0.3 is 33.5 Å². The molecule has 6 saturated heterocycles. The molecular weight excluding hydrogens is 388 g/mol. The van der Waals surface area contributed by atoms with Crippen molar-refractivity contribution in [2.45, 2.75) is 77.3 Å². The quantitative estimate of drug-likeness (QED) is 0.631. The van der Waals surface area contributed by atoms with Crippen LogP contribution in [-0.4, -0.2) is 87.5 Å². The molecule has 6 rings (SSSR count). The van der Waals surface area contributed by atoms with E-state index in [2.05, 4.69) is 34.6 Å². The Morgan fingerprint density at radius 3 is 0.933 bits per heavy atom. The van der Waals surface area contributed by atoms with Crippen LogP contribution in [0.4, 0.5) is 0 Å². The molecule has 0 aromatic rings. The third kappa shape index (κ3) is 4.58. The monoisotopic (exact) mass is 428 g/mol. The lowest BCUT2D eigenvalue weighted by atomic mass is 9.99. The molecule has 7 heteroatoms. The maximum absolute atomic E-state index is 9.27. The molecule has 6 fully saturated rings. The minimum absolute atomic E-state index is 0.0463. The van der Waals surface area contributed by atoms with Crippen molar-refractivity contribution in [3.05, 3.63) is 0 Å². The highest BCUT2D eigenvalue weighted by atomic mass is 16.6. The van der Waals surface area contributed by atoms with Gasteiger partial charge in [-0.05, 0) is 0 Å². The Morgan fingerprint density at radius 2 is 0.633 bits per heavy atom. The summed E-state index contributed by atoms with van der Waals surface area (Å²) in [5.74, 6) is 2.87. The van der Waals surface area contributed by atoms with Crippen LogP contribution in [0.5, 0.6) is 0 Å². The number of ether oxygens (including phenoxy) is 6. The fraction of sp³-hybridized carbons (Fsp3) is 1.00. The van der Waals surface area contributed by atoms with Gasteiger partial charge in [0.15, 0.2) is 0 Å².